The number of rotatable bonds is 7. The van der Waals surface area contributed by atoms with Crippen LogP contribution in [-0.4, -0.2) is 28.5 Å². The van der Waals surface area contributed by atoms with Gasteiger partial charge < -0.3 is 10.2 Å². The molecule has 0 aromatic carbocycles. The van der Waals surface area contributed by atoms with E-state index >= 15 is 0 Å². The fourth-order valence-electron chi connectivity index (χ4n) is 1.79. The minimum Gasteiger partial charge on any atom is -0.370 e. The van der Waals surface area contributed by atoms with Gasteiger partial charge in [-0.05, 0) is 6.42 Å². The molecule has 0 atom stereocenters. The zero-order valence-electron chi connectivity index (χ0n) is 11.9. The first-order valence-corrected chi connectivity index (χ1v) is 7.53. The maximum atomic E-state index is 11.0. The number of hydrogen-bond donors (Lipinski definition) is 1. The molecule has 7 nitrogen and oxygen atoms in total. The molecular formula is C13H17N5O2S. The van der Waals surface area contributed by atoms with Crippen molar-refractivity contribution < 1.29 is 4.92 Å². The third-order valence-electron chi connectivity index (χ3n) is 2.84. The van der Waals surface area contributed by atoms with Crippen molar-refractivity contribution >= 4 is 28.7 Å². The van der Waals surface area contributed by atoms with Crippen LogP contribution in [-0.2, 0) is 6.54 Å². The molecule has 0 saturated carbocycles. The summed E-state index contributed by atoms with van der Waals surface area (Å²) in [6.07, 6.45) is 0.925. The number of thiazole rings is 1. The van der Waals surface area contributed by atoms with Gasteiger partial charge in [-0.1, -0.05) is 6.92 Å². The topological polar surface area (TPSA) is 84.2 Å². The molecule has 0 aliphatic carbocycles. The first-order valence-electron chi connectivity index (χ1n) is 6.58. The highest BCUT2D eigenvalue weighted by molar-refractivity contribution is 7.07. The van der Waals surface area contributed by atoms with Crippen LogP contribution in [0.2, 0.25) is 0 Å². The van der Waals surface area contributed by atoms with Crippen molar-refractivity contribution in [2.75, 3.05) is 23.8 Å². The average Bonchev–Trinajstić information content (AvgIpc) is 2.97. The molecule has 0 radical (unpaired) electrons. The number of hydrogen-bond acceptors (Lipinski definition) is 7. The van der Waals surface area contributed by atoms with E-state index in [1.807, 2.05) is 24.3 Å². The molecule has 2 rings (SSSR count). The van der Waals surface area contributed by atoms with Gasteiger partial charge in [0.25, 0.3) is 5.69 Å². The van der Waals surface area contributed by atoms with Crippen molar-refractivity contribution in [1.29, 1.82) is 0 Å². The van der Waals surface area contributed by atoms with Crippen molar-refractivity contribution in [3.63, 3.8) is 0 Å². The Balaban J connectivity index is 2.23. The van der Waals surface area contributed by atoms with Gasteiger partial charge in [-0.2, -0.15) is 0 Å². The van der Waals surface area contributed by atoms with E-state index in [2.05, 4.69) is 15.3 Å². The number of aromatic nitrogens is 2. The van der Waals surface area contributed by atoms with Crippen LogP contribution in [0.15, 0.2) is 23.0 Å². The van der Waals surface area contributed by atoms with Crippen LogP contribution in [0.1, 0.15) is 19.0 Å². The minimum atomic E-state index is -0.404. The lowest BCUT2D eigenvalue weighted by atomic mass is 10.3. The highest BCUT2D eigenvalue weighted by Gasteiger charge is 2.14. The summed E-state index contributed by atoms with van der Waals surface area (Å²) >= 11 is 1.52. The molecule has 8 heteroatoms. The molecule has 0 saturated heterocycles. The smallest absolute Gasteiger partial charge is 0.276 e. The molecule has 2 aromatic heterocycles. The number of pyridine rings is 1. The van der Waals surface area contributed by atoms with Gasteiger partial charge in [-0.15, -0.1) is 11.3 Å². The Morgan fingerprint density at radius 2 is 2.29 bits per heavy atom. The summed E-state index contributed by atoms with van der Waals surface area (Å²) in [5.41, 5.74) is 2.71. The largest absolute Gasteiger partial charge is 0.370 e. The van der Waals surface area contributed by atoms with E-state index in [9.17, 15) is 10.1 Å². The predicted octanol–water partition coefficient (Wildman–Crippen LogP) is 2.90. The third kappa shape index (κ3) is 4.12. The standard InChI is InChI=1S/C13H17N5O2S/c1-3-4-14-12-5-11(18(19)20)6-13(16-12)17(2)7-10-8-21-9-15-10/h5-6,8-9H,3-4,7H2,1-2H3,(H,14,16). The van der Waals surface area contributed by atoms with Crippen LogP contribution < -0.4 is 10.2 Å². The Bertz CT molecular complexity index is 603. The molecule has 21 heavy (non-hydrogen) atoms. The second kappa shape index (κ2) is 6.98. The first-order chi connectivity index (χ1) is 10.1. The molecule has 0 spiro atoms. The maximum Gasteiger partial charge on any atom is 0.276 e. The van der Waals surface area contributed by atoms with Crippen molar-refractivity contribution in [1.82, 2.24) is 9.97 Å². The fourth-order valence-corrected chi connectivity index (χ4v) is 2.34. The Morgan fingerprint density at radius 3 is 2.90 bits per heavy atom. The molecule has 0 unspecified atom stereocenters. The first kappa shape index (κ1) is 15.2. The molecule has 0 bridgehead atoms. The van der Waals surface area contributed by atoms with Crippen LogP contribution in [0.4, 0.5) is 17.3 Å². The number of nitrogens with one attached hydrogen (secondary N) is 1. The van der Waals surface area contributed by atoms with Crippen molar-refractivity contribution in [2.45, 2.75) is 19.9 Å². The van der Waals surface area contributed by atoms with Crippen LogP contribution in [0.5, 0.6) is 0 Å². The lowest BCUT2D eigenvalue weighted by Gasteiger charge is -2.17. The summed E-state index contributed by atoms with van der Waals surface area (Å²) in [5.74, 6) is 1.07. The van der Waals surface area contributed by atoms with E-state index in [1.165, 1.54) is 23.5 Å². The van der Waals surface area contributed by atoms with Gasteiger partial charge in [0.05, 0.1) is 34.8 Å². The molecule has 0 fully saturated rings. The van der Waals surface area contributed by atoms with Gasteiger partial charge in [-0.25, -0.2) is 9.97 Å². The van der Waals surface area contributed by atoms with Crippen LogP contribution in [0.25, 0.3) is 0 Å². The summed E-state index contributed by atoms with van der Waals surface area (Å²) < 4.78 is 0. The Hall–Kier alpha value is -2.22. The third-order valence-corrected chi connectivity index (χ3v) is 3.47. The number of nitrogens with zero attached hydrogens (tertiary/aromatic N) is 4. The van der Waals surface area contributed by atoms with Gasteiger partial charge in [0.2, 0.25) is 0 Å². The van der Waals surface area contributed by atoms with E-state index in [1.54, 1.807) is 5.51 Å². The van der Waals surface area contributed by atoms with Gasteiger partial charge in [0.1, 0.15) is 11.6 Å². The summed E-state index contributed by atoms with van der Waals surface area (Å²) in [4.78, 5) is 21.1. The van der Waals surface area contributed by atoms with Gasteiger partial charge in [-0.3, -0.25) is 10.1 Å². The van der Waals surface area contributed by atoms with E-state index < -0.39 is 4.92 Å². The summed E-state index contributed by atoms with van der Waals surface area (Å²) in [6.45, 7) is 3.31. The molecule has 0 amide bonds. The van der Waals surface area contributed by atoms with Crippen molar-refractivity contribution in [2.24, 2.45) is 0 Å². The Labute approximate surface area is 126 Å². The Morgan fingerprint density at radius 1 is 1.48 bits per heavy atom. The molecule has 1 N–H and O–H groups in total. The monoisotopic (exact) mass is 307 g/mol. The Kier molecular flexibility index (Phi) is 5.04. The summed E-state index contributed by atoms with van der Waals surface area (Å²) in [6, 6.07) is 2.93. The van der Waals surface area contributed by atoms with Gasteiger partial charge in [0, 0.05) is 19.0 Å². The SMILES string of the molecule is CCCNc1cc([N+](=O)[O-])cc(N(C)Cc2cscn2)n1. The predicted molar refractivity (Wildman–Crippen MR) is 83.9 cm³/mol. The van der Waals surface area contributed by atoms with E-state index in [-0.39, 0.29) is 5.69 Å². The van der Waals surface area contributed by atoms with Gasteiger partial charge >= 0.3 is 0 Å². The second-order valence-corrected chi connectivity index (χ2v) is 5.31. The molecular weight excluding hydrogens is 290 g/mol. The molecule has 2 heterocycles. The molecule has 2 aromatic rings. The molecule has 0 aliphatic rings. The highest BCUT2D eigenvalue weighted by Crippen LogP contribution is 2.23. The molecule has 0 aliphatic heterocycles. The highest BCUT2D eigenvalue weighted by atomic mass is 32.1. The van der Waals surface area contributed by atoms with Gasteiger partial charge in [0.15, 0.2) is 0 Å². The summed E-state index contributed by atoms with van der Waals surface area (Å²) in [5, 5.41) is 16.1. The molecule has 112 valence electrons. The van der Waals surface area contributed by atoms with Crippen LogP contribution >= 0.6 is 11.3 Å². The summed E-state index contributed by atoms with van der Waals surface area (Å²) in [7, 11) is 1.84. The fraction of sp³-hybridized carbons (Fsp3) is 0.385. The van der Waals surface area contributed by atoms with E-state index in [4.69, 9.17) is 0 Å². The number of anilines is 2. The lowest BCUT2D eigenvalue weighted by molar-refractivity contribution is -0.384. The second-order valence-electron chi connectivity index (χ2n) is 4.59. The average molecular weight is 307 g/mol. The van der Waals surface area contributed by atoms with Crippen molar-refractivity contribution in [3.8, 4) is 0 Å². The van der Waals surface area contributed by atoms with Crippen LogP contribution in [0.3, 0.4) is 0 Å². The minimum absolute atomic E-state index is 0.0312. The number of nitro groups is 1. The van der Waals surface area contributed by atoms with Crippen LogP contribution in [0, 0.1) is 10.1 Å². The van der Waals surface area contributed by atoms with Crippen molar-refractivity contribution in [3.05, 3.63) is 38.8 Å². The zero-order valence-corrected chi connectivity index (χ0v) is 12.8. The quantitative estimate of drug-likeness (QED) is 0.625. The van der Waals surface area contributed by atoms with E-state index in [0.29, 0.717) is 18.2 Å². The van der Waals surface area contributed by atoms with E-state index in [0.717, 1.165) is 18.7 Å². The normalized spacial score (nSPS) is 10.4. The maximum absolute atomic E-state index is 11.0. The lowest BCUT2D eigenvalue weighted by Crippen LogP contribution is -2.18. The zero-order chi connectivity index (χ0) is 15.2.